The van der Waals surface area contributed by atoms with E-state index in [-0.39, 0.29) is 17.6 Å². The van der Waals surface area contributed by atoms with Gasteiger partial charge in [-0.2, -0.15) is 0 Å². The molecular weight excluding hydrogens is 583 g/mol. The van der Waals surface area contributed by atoms with Crippen LogP contribution in [0.4, 0.5) is 0 Å². The van der Waals surface area contributed by atoms with Gasteiger partial charge in [0.05, 0.1) is 6.85 Å². The van der Waals surface area contributed by atoms with Crippen molar-refractivity contribution in [1.82, 2.24) is 15.0 Å². The van der Waals surface area contributed by atoms with E-state index in [9.17, 15) is 0 Å². The highest BCUT2D eigenvalue weighted by molar-refractivity contribution is 6.20. The average Bonchev–Trinajstić information content (AvgIpc) is 3.22. The molecule has 0 radical (unpaired) electrons. The minimum Gasteiger partial charge on any atom is -0.208 e. The third-order valence-electron chi connectivity index (χ3n) is 8.81. The monoisotopic (exact) mass is 616 g/mol. The second-order valence-corrected chi connectivity index (χ2v) is 11.6. The average molecular weight is 617 g/mol. The molecule has 0 spiro atoms. The zero-order valence-electron chi connectivity index (χ0n) is 30.7. The fourth-order valence-electron chi connectivity index (χ4n) is 6.54. The summed E-state index contributed by atoms with van der Waals surface area (Å²) >= 11 is 0. The first-order valence-corrected chi connectivity index (χ1v) is 15.8. The van der Waals surface area contributed by atoms with E-state index in [1.807, 2.05) is 54.6 Å². The Morgan fingerprint density at radius 2 is 0.938 bits per heavy atom. The molecule has 0 N–H and O–H groups in total. The lowest BCUT2D eigenvalue weighted by molar-refractivity contribution is 1.07. The van der Waals surface area contributed by atoms with Gasteiger partial charge in [0.1, 0.15) is 0 Å². The Hall–Kier alpha value is -6.45. The molecule has 0 bridgehead atoms. The van der Waals surface area contributed by atoms with Gasteiger partial charge in [-0.25, -0.2) is 15.0 Å². The predicted molar refractivity (Wildman–Crippen MR) is 200 cm³/mol. The van der Waals surface area contributed by atoms with Gasteiger partial charge in [0.2, 0.25) is 0 Å². The van der Waals surface area contributed by atoms with E-state index in [1.165, 1.54) is 32.3 Å². The molecule has 9 rings (SSSR count). The molecule has 48 heavy (non-hydrogen) atoms. The summed E-state index contributed by atoms with van der Waals surface area (Å²) in [6.45, 7) is 0. The van der Waals surface area contributed by atoms with Crippen molar-refractivity contribution in [2.24, 2.45) is 0 Å². The molecule has 0 amide bonds. The summed E-state index contributed by atoms with van der Waals surface area (Å²) in [4.78, 5) is 14.8. The third kappa shape index (κ3) is 4.90. The maximum atomic E-state index is 8.69. The minimum atomic E-state index is -0.441. The van der Waals surface area contributed by atoms with Gasteiger partial charge in [0, 0.05) is 16.7 Å². The van der Waals surface area contributed by atoms with E-state index < -0.39 is 18.1 Å². The molecule has 0 aliphatic heterocycles. The van der Waals surface area contributed by atoms with Crippen molar-refractivity contribution in [2.75, 3.05) is 0 Å². The molecule has 9 aromatic rings. The largest absolute Gasteiger partial charge is 0.208 e. The van der Waals surface area contributed by atoms with E-state index in [0.717, 1.165) is 22.3 Å². The molecule has 3 heteroatoms. The van der Waals surface area contributed by atoms with Crippen LogP contribution in [-0.4, -0.2) is 15.0 Å². The highest BCUT2D eigenvalue weighted by Crippen LogP contribution is 2.40. The molecule has 224 valence electrons. The molecule has 1 heterocycles. The standard InChI is InChI=1S/C45H29N3/c1-3-13-30(14-4-1)36-19-11-12-22-40(36)45-47-43(33-16-5-2-6-17-33)46-44(48-45)34-25-23-32(24-26-34)42-38-21-10-8-18-35(38)29-41-37-20-9-7-15-31(37)27-28-39(41)42/h1-29H/i1D,3D,4D,13D,14D. The van der Waals surface area contributed by atoms with Crippen LogP contribution >= 0.6 is 0 Å². The summed E-state index contributed by atoms with van der Waals surface area (Å²) in [5.74, 6) is 1.23. The number of aromatic nitrogens is 3. The molecule has 0 unspecified atom stereocenters. The molecule has 0 saturated carbocycles. The van der Waals surface area contributed by atoms with Gasteiger partial charge in [-0.3, -0.25) is 0 Å². The van der Waals surface area contributed by atoms with Crippen LogP contribution in [0.5, 0.6) is 0 Å². The zero-order valence-corrected chi connectivity index (χ0v) is 25.7. The summed E-state index contributed by atoms with van der Waals surface area (Å²) in [6, 6.07) is 46.9. The highest BCUT2D eigenvalue weighted by Gasteiger charge is 2.17. The Kier molecular flexibility index (Phi) is 5.61. The van der Waals surface area contributed by atoms with Crippen molar-refractivity contribution < 1.29 is 6.85 Å². The summed E-state index contributed by atoms with van der Waals surface area (Å²) in [5.41, 5.74) is 4.85. The van der Waals surface area contributed by atoms with Gasteiger partial charge in [-0.05, 0) is 60.6 Å². The van der Waals surface area contributed by atoms with Crippen LogP contribution in [0.15, 0.2) is 176 Å². The molecule has 8 aromatic carbocycles. The van der Waals surface area contributed by atoms with Crippen molar-refractivity contribution in [3.05, 3.63) is 176 Å². The Morgan fingerprint density at radius 3 is 1.71 bits per heavy atom. The number of hydrogen-bond donors (Lipinski definition) is 0. The third-order valence-corrected chi connectivity index (χ3v) is 8.81. The van der Waals surface area contributed by atoms with Crippen LogP contribution < -0.4 is 0 Å². The Balaban J connectivity index is 1.22. The van der Waals surface area contributed by atoms with E-state index in [2.05, 4.69) is 78.9 Å². The first-order chi connectivity index (χ1) is 25.9. The number of benzene rings is 8. The predicted octanol–water partition coefficient (Wildman–Crippen LogP) is 11.7. The lowest BCUT2D eigenvalue weighted by atomic mass is 9.89. The van der Waals surface area contributed by atoms with Crippen LogP contribution in [0, 0.1) is 0 Å². The molecule has 0 saturated heterocycles. The van der Waals surface area contributed by atoms with Crippen LogP contribution in [0.25, 0.3) is 88.7 Å². The van der Waals surface area contributed by atoms with E-state index in [1.54, 1.807) is 12.1 Å². The second kappa shape index (κ2) is 11.7. The lowest BCUT2D eigenvalue weighted by Crippen LogP contribution is -2.01. The number of hydrogen-bond acceptors (Lipinski definition) is 3. The van der Waals surface area contributed by atoms with Crippen molar-refractivity contribution >= 4 is 32.3 Å². The highest BCUT2D eigenvalue weighted by atomic mass is 15.0. The minimum absolute atomic E-state index is 0.0919. The summed E-state index contributed by atoms with van der Waals surface area (Å²) in [6.07, 6.45) is 0. The molecule has 0 atom stereocenters. The first-order valence-electron chi connectivity index (χ1n) is 18.3. The normalized spacial score (nSPS) is 12.8. The zero-order chi connectivity index (χ0) is 36.2. The van der Waals surface area contributed by atoms with Crippen LogP contribution in [0.2, 0.25) is 0 Å². The van der Waals surface area contributed by atoms with Crippen molar-refractivity contribution in [3.8, 4) is 56.4 Å². The van der Waals surface area contributed by atoms with Gasteiger partial charge in [0.15, 0.2) is 17.5 Å². The lowest BCUT2D eigenvalue weighted by Gasteiger charge is -2.15. The van der Waals surface area contributed by atoms with Crippen LogP contribution in [0.1, 0.15) is 6.85 Å². The Bertz CT molecular complexity index is 2860. The van der Waals surface area contributed by atoms with Gasteiger partial charge in [-0.1, -0.05) is 170 Å². The maximum absolute atomic E-state index is 8.69. The van der Waals surface area contributed by atoms with E-state index >= 15 is 0 Å². The van der Waals surface area contributed by atoms with Crippen molar-refractivity contribution in [1.29, 1.82) is 0 Å². The second-order valence-electron chi connectivity index (χ2n) is 11.6. The number of fused-ring (bicyclic) bond motifs is 4. The molecule has 0 aliphatic rings. The van der Waals surface area contributed by atoms with Gasteiger partial charge >= 0.3 is 0 Å². The van der Waals surface area contributed by atoms with E-state index in [0.29, 0.717) is 28.6 Å². The fraction of sp³-hybridized carbons (Fsp3) is 0. The molecule has 0 fully saturated rings. The number of nitrogens with zero attached hydrogens (tertiary/aromatic N) is 3. The molecule has 3 nitrogen and oxygen atoms in total. The van der Waals surface area contributed by atoms with Crippen molar-refractivity contribution in [3.63, 3.8) is 0 Å². The molecular formula is C45H29N3. The SMILES string of the molecule is [2H]c1c([2H])c([2H])c(-c2ccccc2-c2nc(-c3ccccc3)nc(-c3ccc(-c4c5ccccc5cc5c4ccc4ccccc45)cc3)n2)c([2H])c1[2H]. The smallest absolute Gasteiger partial charge is 0.164 e. The Morgan fingerprint density at radius 1 is 0.354 bits per heavy atom. The molecule has 1 aromatic heterocycles. The Labute approximate surface area is 285 Å². The first kappa shape index (κ1) is 23.0. The van der Waals surface area contributed by atoms with Gasteiger partial charge < -0.3 is 0 Å². The van der Waals surface area contributed by atoms with Crippen LogP contribution in [0.3, 0.4) is 0 Å². The van der Waals surface area contributed by atoms with Crippen molar-refractivity contribution in [2.45, 2.75) is 0 Å². The quantitative estimate of drug-likeness (QED) is 0.143. The topological polar surface area (TPSA) is 38.7 Å². The van der Waals surface area contributed by atoms with E-state index in [4.69, 9.17) is 21.8 Å². The molecule has 0 aliphatic carbocycles. The van der Waals surface area contributed by atoms with Gasteiger partial charge in [-0.15, -0.1) is 0 Å². The summed E-state index contributed by atoms with van der Waals surface area (Å²) in [5, 5.41) is 7.12. The number of rotatable bonds is 5. The van der Waals surface area contributed by atoms with Crippen LogP contribution in [-0.2, 0) is 0 Å². The van der Waals surface area contributed by atoms with Gasteiger partial charge in [0.25, 0.3) is 0 Å². The summed E-state index contributed by atoms with van der Waals surface area (Å²) < 4.78 is 42.1. The fourth-order valence-corrected chi connectivity index (χ4v) is 6.54. The summed E-state index contributed by atoms with van der Waals surface area (Å²) in [7, 11) is 0. The maximum Gasteiger partial charge on any atom is 0.164 e.